The van der Waals surface area contributed by atoms with E-state index in [1.165, 1.54) is 115 Å². The van der Waals surface area contributed by atoms with Crippen LogP contribution in [0.25, 0.3) is 9.65 Å². The van der Waals surface area contributed by atoms with E-state index in [1.807, 2.05) is 0 Å². The first-order valence-corrected chi connectivity index (χ1v) is 13.8. The summed E-state index contributed by atoms with van der Waals surface area (Å²) in [4.78, 5) is 0. The number of benzene rings is 1. The van der Waals surface area contributed by atoms with Gasteiger partial charge in [-0.2, -0.15) is 0 Å². The Balaban J connectivity index is 1.38. The molecule has 1 nitrogen and oxygen atoms in total. The normalized spacial score (nSPS) is 11.5. The molecule has 0 radical (unpaired) electrons. The fraction of sp³-hybridized carbons (Fsp3) is 0.731. The number of hydrogen-bond acceptors (Lipinski definition) is 0. The van der Waals surface area contributed by atoms with Crippen LogP contribution in [-0.4, -0.2) is 14.7 Å². The Kier molecular flexibility index (Phi) is 12.9. The number of fused-ring (bicyclic) bond motifs is 1. The molecule has 0 aliphatic heterocycles. The van der Waals surface area contributed by atoms with Crippen molar-refractivity contribution < 1.29 is 3.56 Å². The van der Waals surface area contributed by atoms with Gasteiger partial charge < -0.3 is 0 Å². The van der Waals surface area contributed by atoms with Crippen molar-refractivity contribution in [2.24, 2.45) is 7.05 Å². The third kappa shape index (κ3) is 9.27. The van der Waals surface area contributed by atoms with Gasteiger partial charge >= 0.3 is 129 Å². The van der Waals surface area contributed by atoms with Gasteiger partial charge in [0.25, 0.3) is 0 Å². The van der Waals surface area contributed by atoms with E-state index in [-0.39, 0.29) is 0 Å². The zero-order valence-electron chi connectivity index (χ0n) is 18.7. The minimum atomic E-state index is 0.515. The molecule has 0 unspecified atom stereocenters. The van der Waals surface area contributed by atoms with Crippen LogP contribution in [0.15, 0.2) is 24.3 Å². The van der Waals surface area contributed by atoms with Gasteiger partial charge in [0.1, 0.15) is 0 Å². The average molecular weight is 450 g/mol. The van der Waals surface area contributed by atoms with E-state index >= 15 is 0 Å². The summed E-state index contributed by atoms with van der Waals surface area (Å²) in [5.41, 5.74) is 1.60. The summed E-state index contributed by atoms with van der Waals surface area (Å²) in [7, 11) is 2.28. The van der Waals surface area contributed by atoms with Crippen LogP contribution in [0.4, 0.5) is 0 Å². The third-order valence-electron chi connectivity index (χ3n) is 6.08. The molecule has 1 aromatic heterocycles. The zero-order valence-corrected chi connectivity index (χ0v) is 20.4. The monoisotopic (exact) mass is 450 g/mol. The molecule has 1 heterocycles. The average Bonchev–Trinajstić information content (AvgIpc) is 3.03. The predicted molar refractivity (Wildman–Crippen MR) is 125 cm³/mol. The second kappa shape index (κ2) is 15.3. The molecule has 28 heavy (non-hydrogen) atoms. The van der Waals surface area contributed by atoms with Crippen molar-refractivity contribution in [3.05, 3.63) is 30.0 Å². The van der Waals surface area contributed by atoms with E-state index in [9.17, 15) is 0 Å². The van der Waals surface area contributed by atoms with Gasteiger partial charge in [-0.25, -0.2) is 0 Å². The van der Waals surface area contributed by atoms with Crippen LogP contribution in [0.1, 0.15) is 115 Å². The molecule has 0 bridgehead atoms. The molecule has 0 saturated heterocycles. The van der Waals surface area contributed by atoms with Crippen LogP contribution in [0, 0.1) is 0 Å². The zero-order chi connectivity index (χ0) is 19.9. The van der Waals surface area contributed by atoms with E-state index in [4.69, 9.17) is 0 Å². The summed E-state index contributed by atoms with van der Waals surface area (Å²) in [5.74, 6) is 0. The minimum absolute atomic E-state index is 0.515. The number of aromatic nitrogens is 1. The second-order valence-corrected chi connectivity index (χ2v) is 11.0. The molecule has 0 fully saturated rings. The standard InChI is InChI=1S/C26H44NSe/c1-3-4-5-6-7-8-9-10-11-12-13-14-15-16-17-18-22-25-24-21-19-20-23-26(24)28-27(25)2/h19-21,23H,3-18,22H2,1-2H3/q+1. The molecule has 2 aromatic rings. The predicted octanol–water partition coefficient (Wildman–Crippen LogP) is 7.53. The maximum absolute atomic E-state index is 2.52. The van der Waals surface area contributed by atoms with Gasteiger partial charge in [-0.3, -0.25) is 0 Å². The number of nitrogens with zero attached hydrogens (tertiary/aromatic N) is 1. The number of hydrogen-bond donors (Lipinski definition) is 0. The van der Waals surface area contributed by atoms with E-state index in [1.54, 1.807) is 9.95 Å². The molecule has 0 aliphatic rings. The summed E-state index contributed by atoms with van der Waals surface area (Å²) in [6.07, 6.45) is 24.4. The Bertz CT molecular complexity index is 630. The van der Waals surface area contributed by atoms with E-state index in [0.29, 0.717) is 14.7 Å². The Hall–Kier alpha value is -0.591. The Morgan fingerprint density at radius 1 is 0.643 bits per heavy atom. The summed E-state index contributed by atoms with van der Waals surface area (Å²) in [6.45, 7) is 2.30. The van der Waals surface area contributed by atoms with Gasteiger partial charge in [-0.05, 0) is 0 Å². The molecule has 158 valence electrons. The Labute approximate surface area is 180 Å². The first-order valence-electron chi connectivity index (χ1n) is 12.2. The van der Waals surface area contributed by atoms with E-state index in [0.717, 1.165) is 0 Å². The Morgan fingerprint density at radius 2 is 1.11 bits per heavy atom. The van der Waals surface area contributed by atoms with Crippen molar-refractivity contribution in [1.82, 2.24) is 0 Å². The molecule has 0 atom stereocenters. The second-order valence-electron chi connectivity index (χ2n) is 8.58. The van der Waals surface area contributed by atoms with Crippen LogP contribution in [0.2, 0.25) is 0 Å². The van der Waals surface area contributed by atoms with Crippen LogP contribution in [-0.2, 0) is 13.5 Å². The number of unbranched alkanes of at least 4 members (excludes halogenated alkanes) is 15. The van der Waals surface area contributed by atoms with Crippen LogP contribution < -0.4 is 3.56 Å². The van der Waals surface area contributed by atoms with Gasteiger partial charge in [0, 0.05) is 0 Å². The fourth-order valence-electron chi connectivity index (χ4n) is 4.29. The van der Waals surface area contributed by atoms with Gasteiger partial charge in [-0.1, -0.05) is 51.9 Å². The molecule has 1 aromatic carbocycles. The van der Waals surface area contributed by atoms with Crippen molar-refractivity contribution in [1.29, 1.82) is 0 Å². The quantitative estimate of drug-likeness (QED) is 0.174. The summed E-state index contributed by atoms with van der Waals surface area (Å²) >= 11 is 0.515. The molecule has 0 spiro atoms. The van der Waals surface area contributed by atoms with E-state index in [2.05, 4.69) is 41.8 Å². The first kappa shape index (κ1) is 23.7. The van der Waals surface area contributed by atoms with Gasteiger partial charge in [-0.15, -0.1) is 0 Å². The van der Waals surface area contributed by atoms with Crippen molar-refractivity contribution >= 4 is 24.4 Å². The Morgan fingerprint density at radius 3 is 1.64 bits per heavy atom. The van der Waals surface area contributed by atoms with Gasteiger partial charge in [0.15, 0.2) is 0 Å². The van der Waals surface area contributed by atoms with Gasteiger partial charge in [0.2, 0.25) is 0 Å². The third-order valence-corrected chi connectivity index (χ3v) is 8.28. The summed E-state index contributed by atoms with van der Waals surface area (Å²) in [6, 6.07) is 9.02. The van der Waals surface area contributed by atoms with Crippen molar-refractivity contribution in [2.45, 2.75) is 116 Å². The maximum atomic E-state index is 2.52. The van der Waals surface area contributed by atoms with Crippen LogP contribution in [0.3, 0.4) is 0 Å². The SMILES string of the molecule is CCCCCCCCCCCCCCCCCCc1c2ccccc2[se][n+]1C. The van der Waals surface area contributed by atoms with Crippen LogP contribution in [0.5, 0.6) is 0 Å². The molecule has 0 amide bonds. The van der Waals surface area contributed by atoms with Crippen molar-refractivity contribution in [3.63, 3.8) is 0 Å². The molecular weight excluding hydrogens is 405 g/mol. The number of aryl methyl sites for hydroxylation is 2. The summed E-state index contributed by atoms with van der Waals surface area (Å²) in [5, 5.41) is 1.53. The van der Waals surface area contributed by atoms with Crippen molar-refractivity contribution in [3.8, 4) is 0 Å². The summed E-state index contributed by atoms with van der Waals surface area (Å²) < 4.78 is 4.09. The molecular formula is C26H44NSe+. The molecule has 0 aliphatic carbocycles. The fourth-order valence-corrected chi connectivity index (χ4v) is 6.43. The van der Waals surface area contributed by atoms with Crippen molar-refractivity contribution in [2.75, 3.05) is 0 Å². The molecule has 0 N–H and O–H groups in total. The molecule has 2 heteroatoms. The number of rotatable bonds is 17. The topological polar surface area (TPSA) is 3.88 Å². The first-order chi connectivity index (χ1) is 13.8. The van der Waals surface area contributed by atoms with Gasteiger partial charge in [0.05, 0.1) is 0 Å². The van der Waals surface area contributed by atoms with E-state index < -0.39 is 0 Å². The molecule has 2 rings (SSSR count). The molecule has 0 saturated carbocycles. The van der Waals surface area contributed by atoms with Crippen LogP contribution >= 0.6 is 0 Å².